The second-order valence-corrected chi connectivity index (χ2v) is 2.84. The van der Waals surface area contributed by atoms with Crippen molar-refractivity contribution in [2.75, 3.05) is 6.61 Å². The fourth-order valence-electron chi connectivity index (χ4n) is 0.948. The fourth-order valence-corrected chi connectivity index (χ4v) is 0.948. The van der Waals surface area contributed by atoms with Crippen LogP contribution in [0.3, 0.4) is 0 Å². The lowest BCUT2D eigenvalue weighted by Gasteiger charge is -2.32. The Balaban J connectivity index is 3.05. The van der Waals surface area contributed by atoms with Crippen LogP contribution < -0.4 is 0 Å². The molecule has 0 aromatic heterocycles. The summed E-state index contributed by atoms with van der Waals surface area (Å²) >= 11 is 0. The molecule has 1 heterocycles. The Hall–Kier alpha value is -0.730. The highest BCUT2D eigenvalue weighted by molar-refractivity contribution is 5.78. The van der Waals surface area contributed by atoms with Gasteiger partial charge in [-0.15, -0.1) is 0 Å². The van der Waals surface area contributed by atoms with E-state index in [9.17, 15) is 4.79 Å². The van der Waals surface area contributed by atoms with E-state index in [0.717, 1.165) is 0 Å². The molecule has 13 heavy (non-hydrogen) atoms. The molecule has 0 spiro atoms. The lowest BCUT2D eigenvalue weighted by Crippen LogP contribution is -2.64. The lowest BCUT2D eigenvalue weighted by molar-refractivity contribution is -0.366. The van der Waals surface area contributed by atoms with E-state index in [0.29, 0.717) is 0 Å². The number of rotatable bonds is 0. The van der Waals surface area contributed by atoms with Crippen LogP contribution in [-0.4, -0.2) is 55.8 Å². The van der Waals surface area contributed by atoms with E-state index in [-0.39, 0.29) is 13.0 Å². The molecule has 1 aliphatic heterocycles. The first-order chi connectivity index (χ1) is 5.80. The van der Waals surface area contributed by atoms with Gasteiger partial charge < -0.3 is 30.3 Å². The van der Waals surface area contributed by atoms with E-state index in [1.807, 2.05) is 0 Å². The molecule has 0 aromatic rings. The normalized spacial score (nSPS) is 32.1. The van der Waals surface area contributed by atoms with Crippen molar-refractivity contribution in [2.45, 2.75) is 24.1 Å². The molecular formula is C6H10O7. The van der Waals surface area contributed by atoms with E-state index in [4.69, 9.17) is 25.5 Å². The van der Waals surface area contributed by atoms with Crippen LogP contribution in [0.5, 0.6) is 0 Å². The Kier molecular flexibility index (Phi) is 2.30. The van der Waals surface area contributed by atoms with Crippen molar-refractivity contribution in [2.24, 2.45) is 0 Å². The maximum Gasteiger partial charge on any atom is 0.372 e. The topological polar surface area (TPSA) is 127 Å². The van der Waals surface area contributed by atoms with Gasteiger partial charge in [0.05, 0.1) is 6.61 Å². The van der Waals surface area contributed by atoms with Crippen LogP contribution in [0, 0.1) is 0 Å². The van der Waals surface area contributed by atoms with Crippen molar-refractivity contribution in [1.82, 2.24) is 0 Å². The molecule has 5 N–H and O–H groups in total. The second-order valence-electron chi connectivity index (χ2n) is 2.84. The van der Waals surface area contributed by atoms with Crippen LogP contribution in [0.15, 0.2) is 0 Å². The molecule has 7 nitrogen and oxygen atoms in total. The Morgan fingerprint density at radius 1 is 1.31 bits per heavy atom. The van der Waals surface area contributed by atoms with Crippen molar-refractivity contribution in [3.63, 3.8) is 0 Å². The Labute approximate surface area is 72.8 Å². The molecule has 7 heteroatoms. The zero-order chi connectivity index (χ0) is 10.3. The van der Waals surface area contributed by atoms with Gasteiger partial charge in [0.1, 0.15) is 6.10 Å². The SMILES string of the molecule is O=C1OCCC(O)C(O)(O)C1(O)O. The summed E-state index contributed by atoms with van der Waals surface area (Å²) in [5, 5.41) is 45.0. The second kappa shape index (κ2) is 2.89. The third kappa shape index (κ3) is 1.40. The zero-order valence-electron chi connectivity index (χ0n) is 6.54. The number of aliphatic hydroxyl groups is 5. The van der Waals surface area contributed by atoms with Gasteiger partial charge in [-0.25, -0.2) is 4.79 Å². The predicted octanol–water partition coefficient (Wildman–Crippen LogP) is -3.34. The Morgan fingerprint density at radius 2 is 1.85 bits per heavy atom. The van der Waals surface area contributed by atoms with Crippen LogP contribution in [0.1, 0.15) is 6.42 Å². The summed E-state index contributed by atoms with van der Waals surface area (Å²) in [6, 6.07) is 0. The summed E-state index contributed by atoms with van der Waals surface area (Å²) in [7, 11) is 0. The number of esters is 1. The maximum absolute atomic E-state index is 10.7. The number of hydrogen-bond donors (Lipinski definition) is 5. The number of ether oxygens (including phenoxy) is 1. The maximum atomic E-state index is 10.7. The van der Waals surface area contributed by atoms with Gasteiger partial charge in [-0.3, -0.25) is 0 Å². The first kappa shape index (κ1) is 10.4. The molecule has 0 aromatic carbocycles. The highest BCUT2D eigenvalue weighted by Gasteiger charge is 2.60. The third-order valence-corrected chi connectivity index (χ3v) is 1.89. The summed E-state index contributed by atoms with van der Waals surface area (Å²) < 4.78 is 4.21. The predicted molar refractivity (Wildman–Crippen MR) is 35.9 cm³/mol. The fraction of sp³-hybridized carbons (Fsp3) is 0.833. The summed E-state index contributed by atoms with van der Waals surface area (Å²) in [5.41, 5.74) is 0. The van der Waals surface area contributed by atoms with Crippen LogP contribution in [0.2, 0.25) is 0 Å². The molecular weight excluding hydrogens is 184 g/mol. The smallest absolute Gasteiger partial charge is 0.372 e. The van der Waals surface area contributed by atoms with Gasteiger partial charge in [0, 0.05) is 6.42 Å². The van der Waals surface area contributed by atoms with Crippen molar-refractivity contribution >= 4 is 5.97 Å². The van der Waals surface area contributed by atoms with Gasteiger partial charge in [0.25, 0.3) is 5.79 Å². The van der Waals surface area contributed by atoms with Crippen molar-refractivity contribution in [1.29, 1.82) is 0 Å². The minimum atomic E-state index is -3.51. The first-order valence-corrected chi connectivity index (χ1v) is 3.55. The van der Waals surface area contributed by atoms with Crippen LogP contribution in [0.25, 0.3) is 0 Å². The monoisotopic (exact) mass is 194 g/mol. The van der Waals surface area contributed by atoms with Gasteiger partial charge in [-0.1, -0.05) is 0 Å². The highest BCUT2D eigenvalue weighted by Crippen LogP contribution is 2.27. The minimum absolute atomic E-state index is 0.290. The van der Waals surface area contributed by atoms with Crippen LogP contribution in [0.4, 0.5) is 0 Å². The molecule has 76 valence electrons. The molecule has 1 rings (SSSR count). The summed E-state index contributed by atoms with van der Waals surface area (Å²) in [4.78, 5) is 10.7. The van der Waals surface area contributed by atoms with E-state index in [1.165, 1.54) is 0 Å². The zero-order valence-corrected chi connectivity index (χ0v) is 6.54. The van der Waals surface area contributed by atoms with Crippen molar-refractivity contribution in [3.8, 4) is 0 Å². The highest BCUT2D eigenvalue weighted by atomic mass is 16.7. The Bertz CT molecular complexity index is 221. The number of aliphatic hydroxyl groups excluding tert-OH is 1. The van der Waals surface area contributed by atoms with E-state index >= 15 is 0 Å². The number of carbonyl (C=O) groups is 1. The average Bonchev–Trinajstić information content (AvgIpc) is 2.06. The van der Waals surface area contributed by atoms with Gasteiger partial charge in [0.15, 0.2) is 0 Å². The van der Waals surface area contributed by atoms with Crippen molar-refractivity contribution in [3.05, 3.63) is 0 Å². The van der Waals surface area contributed by atoms with Crippen LogP contribution >= 0.6 is 0 Å². The minimum Gasteiger partial charge on any atom is -0.461 e. The molecule has 1 saturated heterocycles. The lowest BCUT2D eigenvalue weighted by atomic mass is 9.99. The van der Waals surface area contributed by atoms with E-state index in [1.54, 1.807) is 0 Å². The summed E-state index contributed by atoms with van der Waals surface area (Å²) in [6.07, 6.45) is -2.16. The number of cyclic esters (lactones) is 1. The molecule has 1 unspecified atom stereocenters. The molecule has 0 bridgehead atoms. The van der Waals surface area contributed by atoms with E-state index < -0.39 is 23.6 Å². The molecule has 0 saturated carbocycles. The molecule has 0 radical (unpaired) electrons. The number of carbonyl (C=O) groups excluding carboxylic acids is 1. The van der Waals surface area contributed by atoms with Crippen molar-refractivity contribution < 1.29 is 35.1 Å². The van der Waals surface area contributed by atoms with E-state index in [2.05, 4.69) is 4.74 Å². The Morgan fingerprint density at radius 3 is 2.38 bits per heavy atom. The van der Waals surface area contributed by atoms with Gasteiger partial charge in [0.2, 0.25) is 0 Å². The summed E-state index contributed by atoms with van der Waals surface area (Å²) in [5.74, 6) is -8.43. The number of hydrogen-bond acceptors (Lipinski definition) is 7. The van der Waals surface area contributed by atoms with Crippen LogP contribution in [-0.2, 0) is 9.53 Å². The molecule has 1 aliphatic rings. The first-order valence-electron chi connectivity index (χ1n) is 3.55. The van der Waals surface area contributed by atoms with Gasteiger partial charge >= 0.3 is 11.8 Å². The van der Waals surface area contributed by atoms with Gasteiger partial charge in [-0.2, -0.15) is 0 Å². The standard InChI is InChI=1S/C6H10O7/c7-3-1-2-13-4(8)6(11,12)5(3,9)10/h3,7,9-12H,1-2H2. The quantitative estimate of drug-likeness (QED) is 0.201. The molecule has 0 amide bonds. The third-order valence-electron chi connectivity index (χ3n) is 1.89. The largest absolute Gasteiger partial charge is 0.461 e. The summed E-state index contributed by atoms with van der Waals surface area (Å²) in [6.45, 7) is -0.314. The molecule has 1 atom stereocenters. The average molecular weight is 194 g/mol. The van der Waals surface area contributed by atoms with Gasteiger partial charge in [-0.05, 0) is 0 Å². The molecule has 0 aliphatic carbocycles. The molecule has 1 fully saturated rings.